The second-order valence-corrected chi connectivity index (χ2v) is 7.76. The summed E-state index contributed by atoms with van der Waals surface area (Å²) >= 11 is 13.4. The van der Waals surface area contributed by atoms with Crippen LogP contribution in [0.25, 0.3) is 11.3 Å². The number of hydrogen-bond acceptors (Lipinski definition) is 1. The summed E-state index contributed by atoms with van der Waals surface area (Å²) in [4.78, 5) is 0. The molecular weight excluding hydrogens is 512 g/mol. The molecule has 0 radical (unpaired) electrons. The number of halogens is 2. The standard InChI is InChI=1S/C11H12N2.C6H11Cl2N.Pt/c1-12-8-11(13(2)9-12)10-6-4-3-5-7-10;7-9(8)6-4-2-1-3-5-6;/h3-8H,1-2H3;6H,1-5H2;. The summed E-state index contributed by atoms with van der Waals surface area (Å²) in [6, 6.07) is 10.8. The van der Waals surface area contributed by atoms with E-state index in [2.05, 4.69) is 73.0 Å². The summed E-state index contributed by atoms with van der Waals surface area (Å²) < 4.78 is 6.85. The Bertz CT molecular complexity index is 658. The maximum atomic E-state index is 5.56. The average molecular weight is 535 g/mol. The van der Waals surface area contributed by atoms with E-state index < -0.39 is 0 Å². The molecule has 0 amide bonds. The van der Waals surface area contributed by atoms with Crippen LogP contribution < -0.4 is 0 Å². The molecule has 2 aromatic rings. The number of nitrogens with zero attached hydrogens (tertiary/aromatic N) is 3. The predicted octanol–water partition coefficient (Wildman–Crippen LogP) is 5.04. The van der Waals surface area contributed by atoms with E-state index in [1.54, 1.807) is 0 Å². The number of hydrogen-bond donors (Lipinski definition) is 0. The quantitative estimate of drug-likeness (QED) is 0.492. The normalized spacial score (nSPS) is 15.4. The Kier molecular flexibility index (Phi) is 7.61. The van der Waals surface area contributed by atoms with Gasteiger partial charge in [-0.2, -0.15) is 0 Å². The third kappa shape index (κ3) is 5.32. The van der Waals surface area contributed by atoms with Gasteiger partial charge in [0.2, 0.25) is 0 Å². The van der Waals surface area contributed by atoms with Gasteiger partial charge >= 0.3 is 94.2 Å². The Morgan fingerprint density at radius 3 is 2.09 bits per heavy atom. The third-order valence-electron chi connectivity index (χ3n) is 4.12. The van der Waals surface area contributed by atoms with E-state index in [9.17, 15) is 0 Å². The van der Waals surface area contributed by atoms with Crippen LogP contribution in [-0.4, -0.2) is 19.1 Å². The molecule has 6 heteroatoms. The van der Waals surface area contributed by atoms with E-state index in [1.165, 1.54) is 38.3 Å². The summed E-state index contributed by atoms with van der Waals surface area (Å²) in [7, 11) is 4.15. The molecule has 0 bridgehead atoms. The Balaban J connectivity index is 0.000000185. The Morgan fingerprint density at radius 2 is 1.65 bits per heavy atom. The molecule has 3 nitrogen and oxygen atoms in total. The van der Waals surface area contributed by atoms with Gasteiger partial charge in [-0.25, -0.2) is 0 Å². The number of rotatable bonds is 2. The van der Waals surface area contributed by atoms with Gasteiger partial charge in [-0.05, 0) is 36.4 Å². The molecule has 0 aliphatic heterocycles. The van der Waals surface area contributed by atoms with Gasteiger partial charge in [0.15, 0.2) is 0 Å². The van der Waals surface area contributed by atoms with Crippen molar-refractivity contribution in [3.05, 3.63) is 40.3 Å². The van der Waals surface area contributed by atoms with E-state index in [0.717, 1.165) is 12.8 Å². The molecule has 1 aliphatic carbocycles. The molecule has 1 aromatic carbocycles. The van der Waals surface area contributed by atoms with Crippen LogP contribution in [-0.2, 0) is 33.4 Å². The summed E-state index contributed by atoms with van der Waals surface area (Å²) in [5, 5.41) is 0. The fraction of sp³-hybridized carbons (Fsp3) is 0.471. The average Bonchev–Trinajstić information content (AvgIpc) is 2.84. The van der Waals surface area contributed by atoms with E-state index in [1.807, 2.05) is 6.07 Å². The maximum absolute atomic E-state index is 5.56. The van der Waals surface area contributed by atoms with Crippen LogP contribution in [0.2, 0.25) is 0 Å². The zero-order valence-electron chi connectivity index (χ0n) is 13.5. The first-order chi connectivity index (χ1) is 11.0. The molecule has 0 unspecified atom stereocenters. The Hall–Kier alpha value is -0.342. The minimum atomic E-state index is 0.419. The van der Waals surface area contributed by atoms with Gasteiger partial charge in [0, 0.05) is 6.04 Å². The van der Waals surface area contributed by atoms with Crippen molar-refractivity contribution >= 4 is 23.6 Å². The fourth-order valence-electron chi connectivity index (χ4n) is 2.80. The van der Waals surface area contributed by atoms with Gasteiger partial charge in [-0.15, -0.1) is 3.94 Å². The van der Waals surface area contributed by atoms with Crippen molar-refractivity contribution in [2.45, 2.75) is 38.1 Å². The van der Waals surface area contributed by atoms with Gasteiger partial charge in [-0.3, -0.25) is 0 Å². The molecule has 1 aliphatic rings. The van der Waals surface area contributed by atoms with E-state index in [-0.39, 0.29) is 0 Å². The van der Waals surface area contributed by atoms with E-state index in [4.69, 9.17) is 23.6 Å². The van der Waals surface area contributed by atoms with E-state index in [0.29, 0.717) is 6.04 Å². The predicted molar refractivity (Wildman–Crippen MR) is 93.5 cm³/mol. The molecule has 0 spiro atoms. The minimum absolute atomic E-state index is 0.419. The van der Waals surface area contributed by atoms with E-state index >= 15 is 0 Å². The zero-order chi connectivity index (χ0) is 16.8. The molecule has 1 heterocycles. The van der Waals surface area contributed by atoms with Gasteiger partial charge in [-0.1, -0.05) is 19.3 Å². The number of aryl methyl sites for hydroxylation is 1. The van der Waals surface area contributed by atoms with Crippen molar-refractivity contribution in [2.24, 2.45) is 14.1 Å². The summed E-state index contributed by atoms with van der Waals surface area (Å²) in [5.41, 5.74) is 2.51. The third-order valence-corrected chi connectivity index (χ3v) is 6.24. The molecule has 130 valence electrons. The van der Waals surface area contributed by atoms with Crippen molar-refractivity contribution in [1.29, 1.82) is 0 Å². The first-order valence-corrected chi connectivity index (χ1v) is 9.66. The van der Waals surface area contributed by atoms with Crippen LogP contribution in [0.3, 0.4) is 0 Å². The van der Waals surface area contributed by atoms with Crippen LogP contribution in [0.1, 0.15) is 32.1 Å². The first-order valence-electron chi connectivity index (χ1n) is 7.84. The molecule has 0 saturated heterocycles. The topological polar surface area (TPSA) is 13.1 Å². The first kappa shape index (κ1) is 19.0. The number of imidazole rings is 1. The van der Waals surface area contributed by atoms with Crippen LogP contribution >= 0.6 is 23.6 Å². The second-order valence-electron chi connectivity index (χ2n) is 5.84. The number of aromatic nitrogens is 2. The van der Waals surface area contributed by atoms with Crippen LogP contribution in [0.4, 0.5) is 0 Å². The van der Waals surface area contributed by atoms with Crippen molar-refractivity contribution in [1.82, 2.24) is 13.1 Å². The Morgan fingerprint density at radius 1 is 1.04 bits per heavy atom. The number of benzene rings is 1. The molecule has 0 N–H and O–H groups in total. The van der Waals surface area contributed by atoms with Crippen LogP contribution in [0, 0.1) is 3.80 Å². The second kappa shape index (κ2) is 9.22. The summed E-state index contributed by atoms with van der Waals surface area (Å²) in [6.07, 6.45) is 8.37. The summed E-state index contributed by atoms with van der Waals surface area (Å²) in [5.74, 6) is 0. The summed E-state index contributed by atoms with van der Waals surface area (Å²) in [6.45, 7) is 0. The van der Waals surface area contributed by atoms with Gasteiger partial charge in [0.25, 0.3) is 0 Å². The van der Waals surface area contributed by atoms with Gasteiger partial charge < -0.3 is 0 Å². The van der Waals surface area contributed by atoms with Crippen molar-refractivity contribution in [2.75, 3.05) is 0 Å². The van der Waals surface area contributed by atoms with Gasteiger partial charge in [0.05, 0.1) is 0 Å². The molecule has 1 saturated carbocycles. The van der Waals surface area contributed by atoms with Crippen molar-refractivity contribution < 1.29 is 19.4 Å². The van der Waals surface area contributed by atoms with Crippen LogP contribution in [0.15, 0.2) is 36.5 Å². The van der Waals surface area contributed by atoms with Gasteiger partial charge in [0.1, 0.15) is 0 Å². The molecule has 1 fully saturated rings. The zero-order valence-corrected chi connectivity index (χ0v) is 17.3. The molecular formula is C17H23Cl2N3Pt. The molecule has 1 aromatic heterocycles. The van der Waals surface area contributed by atoms with Crippen molar-refractivity contribution in [3.8, 4) is 11.3 Å². The Labute approximate surface area is 159 Å². The monoisotopic (exact) mass is 534 g/mol. The van der Waals surface area contributed by atoms with Crippen LogP contribution in [0.5, 0.6) is 0 Å². The SMILES string of the molecule is ClN(Cl)C1CCCCC1.Cn1cc(-c2ccccc2)n(C)[c]1=[Pt]. The van der Waals surface area contributed by atoms with Crippen molar-refractivity contribution in [3.63, 3.8) is 0 Å². The fourth-order valence-corrected chi connectivity index (χ4v) is 3.61. The molecule has 0 atom stereocenters. The molecule has 23 heavy (non-hydrogen) atoms. The molecule has 3 rings (SSSR count).